The van der Waals surface area contributed by atoms with Gasteiger partial charge >= 0.3 is 12.0 Å². The second-order valence-electron chi connectivity index (χ2n) is 6.97. The Bertz CT molecular complexity index is 796. The maximum absolute atomic E-state index is 14.4. The lowest BCUT2D eigenvalue weighted by atomic mass is 9.88. The minimum atomic E-state index is -3.82. The molecule has 0 radical (unpaired) electrons. The number of aromatic nitrogens is 2. The first-order valence-corrected chi connectivity index (χ1v) is 8.91. The van der Waals surface area contributed by atoms with Crippen LogP contribution in [-0.4, -0.2) is 52.1 Å². The van der Waals surface area contributed by atoms with Gasteiger partial charge in [-0.3, -0.25) is 9.69 Å². The number of likely N-dealkylation sites (tertiary alicyclic amines) is 1. The maximum Gasteiger partial charge on any atom is 0.437 e. The molecule has 1 aromatic heterocycles. The zero-order chi connectivity index (χ0) is 18.9. The largest absolute Gasteiger partial charge is 0.437 e. The molecular weight excluding hydrogens is 354 g/mol. The molecule has 1 aromatic carbocycles. The van der Waals surface area contributed by atoms with Gasteiger partial charge in [0.15, 0.2) is 0 Å². The van der Waals surface area contributed by atoms with E-state index < -0.39 is 17.6 Å². The van der Waals surface area contributed by atoms with E-state index in [2.05, 4.69) is 14.9 Å². The number of halogens is 2. The van der Waals surface area contributed by atoms with E-state index >= 15 is 0 Å². The number of benzene rings is 1. The van der Waals surface area contributed by atoms with Crippen LogP contribution in [0, 0.1) is 0 Å². The highest BCUT2D eigenvalue weighted by Gasteiger charge is 2.57. The first-order chi connectivity index (χ1) is 13.0. The lowest BCUT2D eigenvalue weighted by molar-refractivity contribution is -0.293. The molecule has 6 nitrogen and oxygen atoms in total. The Morgan fingerprint density at radius 2 is 1.70 bits per heavy atom. The van der Waals surface area contributed by atoms with Gasteiger partial charge in [-0.2, -0.15) is 8.78 Å². The number of piperidine rings is 1. The molecule has 27 heavy (non-hydrogen) atoms. The number of morpholine rings is 1. The van der Waals surface area contributed by atoms with Crippen molar-refractivity contribution >= 4 is 11.6 Å². The van der Waals surface area contributed by atoms with Crippen molar-refractivity contribution < 1.29 is 18.3 Å². The van der Waals surface area contributed by atoms with Gasteiger partial charge in [0.05, 0.1) is 18.7 Å². The molecule has 2 saturated heterocycles. The van der Waals surface area contributed by atoms with Crippen molar-refractivity contribution in [2.75, 3.05) is 24.5 Å². The molecule has 4 rings (SSSR count). The molecule has 0 aliphatic carbocycles. The summed E-state index contributed by atoms with van der Waals surface area (Å²) in [6.07, 6.45) is 0.362. The van der Waals surface area contributed by atoms with E-state index in [0.717, 1.165) is 4.90 Å². The van der Waals surface area contributed by atoms with Gasteiger partial charge in [0.25, 0.3) is 0 Å². The first-order valence-electron chi connectivity index (χ1n) is 8.91. The van der Waals surface area contributed by atoms with Crippen LogP contribution in [0.2, 0.25) is 0 Å². The Balaban J connectivity index is 1.49. The van der Waals surface area contributed by atoms with E-state index in [0.29, 0.717) is 44.0 Å². The predicted molar refractivity (Wildman–Crippen MR) is 94.1 cm³/mol. The van der Waals surface area contributed by atoms with E-state index in [1.165, 1.54) is 0 Å². The molecule has 142 valence electrons. The highest BCUT2D eigenvalue weighted by atomic mass is 19.3. The molecule has 2 aromatic rings. The summed E-state index contributed by atoms with van der Waals surface area (Å²) in [5.41, 5.74) is -0.591. The van der Waals surface area contributed by atoms with E-state index in [1.54, 1.807) is 48.8 Å². The topological polar surface area (TPSA) is 58.6 Å². The molecule has 0 bridgehead atoms. The Labute approximate surface area is 155 Å². The number of amides is 1. The highest BCUT2D eigenvalue weighted by Crippen LogP contribution is 2.40. The van der Waals surface area contributed by atoms with Crippen LogP contribution in [0.4, 0.5) is 14.5 Å². The number of para-hydroxylation sites is 1. The molecule has 0 N–H and O–H groups in total. The van der Waals surface area contributed by atoms with Crippen LogP contribution in [0.15, 0.2) is 48.8 Å². The average molecular weight is 374 g/mol. The molecular formula is C19H20F2N4O2. The Morgan fingerprint density at radius 1 is 1.04 bits per heavy atom. The predicted octanol–water partition coefficient (Wildman–Crippen LogP) is 2.47. The molecule has 1 spiro atoms. The van der Waals surface area contributed by atoms with Crippen LogP contribution >= 0.6 is 0 Å². The quantitative estimate of drug-likeness (QED) is 0.826. The van der Waals surface area contributed by atoms with Crippen LogP contribution in [0.3, 0.4) is 0 Å². The fourth-order valence-corrected chi connectivity index (χ4v) is 3.67. The van der Waals surface area contributed by atoms with Crippen molar-refractivity contribution in [2.45, 2.75) is 31.1 Å². The molecule has 2 aliphatic rings. The number of rotatable bonds is 3. The number of alkyl halides is 2. The second-order valence-corrected chi connectivity index (χ2v) is 6.97. The Morgan fingerprint density at radius 3 is 2.37 bits per heavy atom. The van der Waals surface area contributed by atoms with Crippen LogP contribution < -0.4 is 4.90 Å². The van der Waals surface area contributed by atoms with Crippen molar-refractivity contribution in [2.24, 2.45) is 0 Å². The normalized spacial score (nSPS) is 22.1. The highest BCUT2D eigenvalue weighted by molar-refractivity contribution is 5.98. The third kappa shape index (κ3) is 3.68. The summed E-state index contributed by atoms with van der Waals surface area (Å²) in [6.45, 7) is 1.84. The molecule has 0 unspecified atom stereocenters. The standard InChI is InChI=1S/C19H20F2N4O2/c20-19(21)17(26)25(15-5-2-1-3-6-15)14-18(27-19)7-11-24(12-8-18)13-16-22-9-4-10-23-16/h1-6,9-10H,7-8,11-14H2. The molecule has 3 heterocycles. The summed E-state index contributed by atoms with van der Waals surface area (Å²) >= 11 is 0. The van der Waals surface area contributed by atoms with Crippen molar-refractivity contribution in [3.8, 4) is 0 Å². The fraction of sp³-hybridized carbons (Fsp3) is 0.421. The third-order valence-corrected chi connectivity index (χ3v) is 5.10. The van der Waals surface area contributed by atoms with E-state index in [1.807, 2.05) is 0 Å². The monoisotopic (exact) mass is 374 g/mol. The van der Waals surface area contributed by atoms with E-state index in [4.69, 9.17) is 4.74 Å². The lowest BCUT2D eigenvalue weighted by Gasteiger charge is -2.48. The maximum atomic E-state index is 14.4. The first kappa shape index (κ1) is 17.9. The third-order valence-electron chi connectivity index (χ3n) is 5.10. The number of nitrogens with zero attached hydrogens (tertiary/aromatic N) is 4. The van der Waals surface area contributed by atoms with E-state index in [9.17, 15) is 13.6 Å². The van der Waals surface area contributed by atoms with E-state index in [-0.39, 0.29) is 6.54 Å². The average Bonchev–Trinajstić information content (AvgIpc) is 2.68. The SMILES string of the molecule is O=C1N(c2ccccc2)CC2(CCN(Cc3ncccn3)CC2)OC1(F)F. The van der Waals surface area contributed by atoms with Gasteiger partial charge in [0.1, 0.15) is 5.82 Å². The number of ether oxygens (including phenoxy) is 1. The summed E-state index contributed by atoms with van der Waals surface area (Å²) in [7, 11) is 0. The summed E-state index contributed by atoms with van der Waals surface area (Å²) < 4.78 is 33.8. The molecule has 2 aliphatic heterocycles. The second kappa shape index (κ2) is 6.94. The van der Waals surface area contributed by atoms with Gasteiger partial charge in [-0.15, -0.1) is 0 Å². The van der Waals surface area contributed by atoms with Gasteiger partial charge in [-0.05, 0) is 31.0 Å². The zero-order valence-corrected chi connectivity index (χ0v) is 14.7. The van der Waals surface area contributed by atoms with Crippen molar-refractivity contribution in [1.82, 2.24) is 14.9 Å². The minimum absolute atomic E-state index is 0.126. The zero-order valence-electron chi connectivity index (χ0n) is 14.7. The van der Waals surface area contributed by atoms with Gasteiger partial charge in [0, 0.05) is 31.2 Å². The fourth-order valence-electron chi connectivity index (χ4n) is 3.67. The van der Waals surface area contributed by atoms with Gasteiger partial charge in [-0.1, -0.05) is 18.2 Å². The summed E-state index contributed by atoms with van der Waals surface area (Å²) in [4.78, 5) is 23.9. The molecule has 1 amide bonds. The number of carbonyl (C=O) groups is 1. The lowest BCUT2D eigenvalue weighted by Crippen LogP contribution is -2.64. The number of hydrogen-bond donors (Lipinski definition) is 0. The molecule has 8 heteroatoms. The van der Waals surface area contributed by atoms with Crippen LogP contribution in [0.1, 0.15) is 18.7 Å². The van der Waals surface area contributed by atoms with Gasteiger partial charge < -0.3 is 9.64 Å². The van der Waals surface area contributed by atoms with Crippen LogP contribution in [-0.2, 0) is 16.1 Å². The number of hydrogen-bond acceptors (Lipinski definition) is 5. The van der Waals surface area contributed by atoms with Crippen molar-refractivity contribution in [3.63, 3.8) is 0 Å². The smallest absolute Gasteiger partial charge is 0.304 e. The number of anilines is 1. The summed E-state index contributed by atoms with van der Waals surface area (Å²) in [6, 6.07) is 10.3. The molecule has 2 fully saturated rings. The summed E-state index contributed by atoms with van der Waals surface area (Å²) in [5.74, 6) is -0.608. The molecule has 0 atom stereocenters. The Hall–Kier alpha value is -2.45. The Kier molecular flexibility index (Phi) is 4.61. The van der Waals surface area contributed by atoms with Crippen molar-refractivity contribution in [3.05, 3.63) is 54.6 Å². The van der Waals surface area contributed by atoms with Crippen LogP contribution in [0.25, 0.3) is 0 Å². The van der Waals surface area contributed by atoms with Gasteiger partial charge in [-0.25, -0.2) is 9.97 Å². The number of carbonyl (C=O) groups excluding carboxylic acids is 1. The van der Waals surface area contributed by atoms with Crippen LogP contribution in [0.5, 0.6) is 0 Å². The van der Waals surface area contributed by atoms with Crippen molar-refractivity contribution in [1.29, 1.82) is 0 Å². The van der Waals surface area contributed by atoms with Gasteiger partial charge in [0.2, 0.25) is 0 Å². The minimum Gasteiger partial charge on any atom is -0.304 e. The molecule has 0 saturated carbocycles. The summed E-state index contributed by atoms with van der Waals surface area (Å²) in [5, 5.41) is 0.